The van der Waals surface area contributed by atoms with Crippen molar-refractivity contribution in [3.8, 4) is 0 Å². The molecule has 2 rings (SSSR count). The van der Waals surface area contributed by atoms with E-state index in [1.54, 1.807) is 12.1 Å². The maximum absolute atomic E-state index is 12.2. The van der Waals surface area contributed by atoms with Gasteiger partial charge in [-0.2, -0.15) is 0 Å². The lowest BCUT2D eigenvalue weighted by atomic mass is 10.1. The van der Waals surface area contributed by atoms with Gasteiger partial charge in [-0.15, -0.1) is 0 Å². The molecule has 0 amide bonds. The van der Waals surface area contributed by atoms with Crippen LogP contribution in [0.2, 0.25) is 5.02 Å². The normalized spacial score (nSPS) is 11.6. The van der Waals surface area contributed by atoms with Crippen molar-refractivity contribution in [3.05, 3.63) is 68.7 Å². The molecule has 0 bridgehead atoms. The Kier molecular flexibility index (Phi) is 5.15. The molecule has 0 saturated carbocycles. The van der Waals surface area contributed by atoms with Gasteiger partial charge in [-0.1, -0.05) is 11.6 Å². The number of ketones is 1. The van der Waals surface area contributed by atoms with Crippen molar-refractivity contribution in [2.45, 2.75) is 13.0 Å². The molecule has 0 aliphatic rings. The van der Waals surface area contributed by atoms with Crippen molar-refractivity contribution >= 4 is 34.7 Å². The second kappa shape index (κ2) is 7.10. The van der Waals surface area contributed by atoms with Crippen molar-refractivity contribution < 1.29 is 19.2 Å². The number of halogens is 1. The minimum atomic E-state index is -1.09. The van der Waals surface area contributed by atoms with Crippen LogP contribution in [0.1, 0.15) is 27.6 Å². The minimum absolute atomic E-state index is 0.0248. The number of hydrogen-bond donors (Lipinski definition) is 1. The van der Waals surface area contributed by atoms with Crippen LogP contribution in [0.5, 0.6) is 0 Å². The van der Waals surface area contributed by atoms with Gasteiger partial charge >= 0.3 is 5.97 Å². The highest BCUT2D eigenvalue weighted by molar-refractivity contribution is 6.30. The first-order valence-corrected chi connectivity index (χ1v) is 7.22. The van der Waals surface area contributed by atoms with Gasteiger partial charge in [0.05, 0.1) is 10.5 Å². The molecule has 0 unspecified atom stereocenters. The average molecular weight is 349 g/mol. The largest absolute Gasteiger partial charge is 0.451 e. The molecule has 2 N–H and O–H groups in total. The molecule has 8 heteroatoms. The standard InChI is InChI=1S/C16H13ClN2O5/c1-9(15(20)10-2-4-11(17)5-3-10)24-16(21)13-8-12(19(22)23)6-7-14(13)18/h2-9H,18H2,1H3/t9-/m0/s1. The average Bonchev–Trinajstić information content (AvgIpc) is 2.54. The number of esters is 1. The molecule has 0 spiro atoms. The van der Waals surface area contributed by atoms with E-state index in [2.05, 4.69) is 0 Å². The summed E-state index contributed by atoms with van der Waals surface area (Å²) in [6.45, 7) is 1.41. The molecule has 2 aromatic carbocycles. The second-order valence-electron chi connectivity index (χ2n) is 4.95. The lowest BCUT2D eigenvalue weighted by molar-refractivity contribution is -0.384. The molecular weight excluding hydrogens is 336 g/mol. The third kappa shape index (κ3) is 3.88. The van der Waals surface area contributed by atoms with Crippen molar-refractivity contribution in [2.24, 2.45) is 0 Å². The summed E-state index contributed by atoms with van der Waals surface area (Å²) < 4.78 is 5.07. The second-order valence-corrected chi connectivity index (χ2v) is 5.38. The van der Waals surface area contributed by atoms with Gasteiger partial charge < -0.3 is 10.5 Å². The number of nitro benzene ring substituents is 1. The van der Waals surface area contributed by atoms with Crippen LogP contribution < -0.4 is 5.73 Å². The molecule has 2 aromatic rings. The first-order valence-electron chi connectivity index (χ1n) is 6.84. The van der Waals surface area contributed by atoms with Gasteiger partial charge in [0.15, 0.2) is 6.10 Å². The van der Waals surface area contributed by atoms with Gasteiger partial charge in [0.25, 0.3) is 5.69 Å². The maximum atomic E-state index is 12.2. The van der Waals surface area contributed by atoms with Crippen LogP contribution >= 0.6 is 11.6 Å². The number of anilines is 1. The Morgan fingerprint density at radius 1 is 1.21 bits per heavy atom. The Labute approximate surface area is 142 Å². The highest BCUT2D eigenvalue weighted by Crippen LogP contribution is 2.21. The molecule has 0 fully saturated rings. The van der Waals surface area contributed by atoms with Crippen molar-refractivity contribution in [3.63, 3.8) is 0 Å². The van der Waals surface area contributed by atoms with Crippen LogP contribution in [0, 0.1) is 10.1 Å². The van der Waals surface area contributed by atoms with Crippen LogP contribution in [-0.4, -0.2) is 22.8 Å². The fourth-order valence-electron chi connectivity index (χ4n) is 1.96. The van der Waals surface area contributed by atoms with Crippen LogP contribution in [0.3, 0.4) is 0 Å². The molecule has 24 heavy (non-hydrogen) atoms. The highest BCUT2D eigenvalue weighted by Gasteiger charge is 2.23. The van der Waals surface area contributed by atoms with E-state index in [1.807, 2.05) is 0 Å². The Morgan fingerprint density at radius 2 is 1.83 bits per heavy atom. The number of carbonyl (C=O) groups is 2. The molecular formula is C16H13ClN2O5. The number of nitrogens with two attached hydrogens (primary N) is 1. The van der Waals surface area contributed by atoms with E-state index in [0.29, 0.717) is 10.6 Å². The van der Waals surface area contributed by atoms with E-state index in [9.17, 15) is 19.7 Å². The molecule has 0 aromatic heterocycles. The topological polar surface area (TPSA) is 113 Å². The number of nitro groups is 1. The number of hydrogen-bond acceptors (Lipinski definition) is 6. The lowest BCUT2D eigenvalue weighted by Gasteiger charge is -2.13. The highest BCUT2D eigenvalue weighted by atomic mass is 35.5. The van der Waals surface area contributed by atoms with Gasteiger partial charge in [-0.25, -0.2) is 4.79 Å². The minimum Gasteiger partial charge on any atom is -0.451 e. The number of nitrogens with zero attached hydrogens (tertiary/aromatic N) is 1. The van der Waals surface area contributed by atoms with Gasteiger partial charge in [0, 0.05) is 28.4 Å². The first kappa shape index (κ1) is 17.4. The molecule has 1 atom stereocenters. The number of non-ortho nitro benzene ring substituents is 1. The number of benzene rings is 2. The monoisotopic (exact) mass is 348 g/mol. The van der Waals surface area contributed by atoms with Gasteiger partial charge in [-0.05, 0) is 37.3 Å². The van der Waals surface area contributed by atoms with Crippen LogP contribution in [-0.2, 0) is 4.74 Å². The molecule has 0 saturated heterocycles. The van der Waals surface area contributed by atoms with E-state index < -0.39 is 22.8 Å². The van der Waals surface area contributed by atoms with Crippen molar-refractivity contribution in [1.82, 2.24) is 0 Å². The quantitative estimate of drug-likeness (QED) is 0.292. The number of Topliss-reactive ketones (excluding diaryl/α,β-unsaturated/α-hetero) is 1. The van der Waals surface area contributed by atoms with E-state index in [4.69, 9.17) is 22.1 Å². The SMILES string of the molecule is C[C@H](OC(=O)c1cc([N+](=O)[O-])ccc1N)C(=O)c1ccc(Cl)cc1. The summed E-state index contributed by atoms with van der Waals surface area (Å²) in [4.78, 5) is 34.5. The Hall–Kier alpha value is -2.93. The third-order valence-corrected chi connectivity index (χ3v) is 3.50. The lowest BCUT2D eigenvalue weighted by Crippen LogP contribution is -2.25. The molecule has 0 heterocycles. The predicted octanol–water partition coefficient (Wildman–Crippen LogP) is 3.26. The van der Waals surface area contributed by atoms with Crippen molar-refractivity contribution in [1.29, 1.82) is 0 Å². The van der Waals surface area contributed by atoms with E-state index in [0.717, 1.165) is 6.07 Å². The van der Waals surface area contributed by atoms with Crippen molar-refractivity contribution in [2.75, 3.05) is 5.73 Å². The maximum Gasteiger partial charge on any atom is 0.341 e. The zero-order valence-electron chi connectivity index (χ0n) is 12.6. The first-order chi connectivity index (χ1) is 11.3. The van der Waals surface area contributed by atoms with Crippen LogP contribution in [0.25, 0.3) is 0 Å². The van der Waals surface area contributed by atoms with Gasteiger partial charge in [0.2, 0.25) is 5.78 Å². The Balaban J connectivity index is 2.17. The predicted molar refractivity (Wildman–Crippen MR) is 88.2 cm³/mol. The molecule has 7 nitrogen and oxygen atoms in total. The summed E-state index contributed by atoms with van der Waals surface area (Å²) in [5.74, 6) is -1.34. The summed E-state index contributed by atoms with van der Waals surface area (Å²) in [6.07, 6.45) is -1.09. The Bertz CT molecular complexity index is 805. The van der Waals surface area contributed by atoms with E-state index >= 15 is 0 Å². The smallest absolute Gasteiger partial charge is 0.341 e. The fourth-order valence-corrected chi connectivity index (χ4v) is 2.09. The summed E-state index contributed by atoms with van der Waals surface area (Å²) in [5, 5.41) is 11.3. The number of rotatable bonds is 5. The molecule has 0 aliphatic heterocycles. The molecule has 124 valence electrons. The van der Waals surface area contributed by atoms with E-state index in [-0.39, 0.29) is 16.9 Å². The number of carbonyl (C=O) groups excluding carboxylic acids is 2. The van der Waals surface area contributed by atoms with Gasteiger partial charge in [-0.3, -0.25) is 14.9 Å². The summed E-state index contributed by atoms with van der Waals surface area (Å²) >= 11 is 5.75. The summed E-state index contributed by atoms with van der Waals surface area (Å²) in [7, 11) is 0. The summed E-state index contributed by atoms with van der Waals surface area (Å²) in [6, 6.07) is 9.53. The molecule has 0 aliphatic carbocycles. The van der Waals surface area contributed by atoms with Crippen LogP contribution in [0.4, 0.5) is 11.4 Å². The summed E-state index contributed by atoms with van der Waals surface area (Å²) in [5.41, 5.74) is 5.53. The molecule has 0 radical (unpaired) electrons. The number of ether oxygens (including phenoxy) is 1. The zero-order valence-corrected chi connectivity index (χ0v) is 13.3. The zero-order chi connectivity index (χ0) is 17.9. The van der Waals surface area contributed by atoms with Gasteiger partial charge in [0.1, 0.15) is 0 Å². The third-order valence-electron chi connectivity index (χ3n) is 3.25. The fraction of sp³-hybridized carbons (Fsp3) is 0.125. The van der Waals surface area contributed by atoms with E-state index in [1.165, 1.54) is 31.2 Å². The Morgan fingerprint density at radius 3 is 2.42 bits per heavy atom. The number of nitrogen functional groups attached to an aromatic ring is 1. The van der Waals surface area contributed by atoms with Crippen LogP contribution in [0.15, 0.2) is 42.5 Å².